The van der Waals surface area contributed by atoms with Crippen LogP contribution in [0.25, 0.3) is 0 Å². The zero-order valence-corrected chi connectivity index (χ0v) is 11.6. The van der Waals surface area contributed by atoms with Gasteiger partial charge in [-0.1, -0.05) is 18.2 Å². The van der Waals surface area contributed by atoms with Crippen molar-refractivity contribution < 1.29 is 5.11 Å². The van der Waals surface area contributed by atoms with Gasteiger partial charge in [-0.25, -0.2) is 0 Å². The van der Waals surface area contributed by atoms with Crippen LogP contribution in [0.2, 0.25) is 0 Å². The van der Waals surface area contributed by atoms with Crippen molar-refractivity contribution in [3.05, 3.63) is 30.3 Å². The summed E-state index contributed by atoms with van der Waals surface area (Å²) in [5.74, 6) is 0. The van der Waals surface area contributed by atoms with Gasteiger partial charge in [0.05, 0.1) is 0 Å². The van der Waals surface area contributed by atoms with Gasteiger partial charge >= 0.3 is 0 Å². The number of hydrogen-bond donors (Lipinski definition) is 1. The lowest BCUT2D eigenvalue weighted by atomic mass is 9.92. The van der Waals surface area contributed by atoms with E-state index in [0.717, 1.165) is 19.5 Å². The second kappa shape index (κ2) is 5.29. The molecule has 0 radical (unpaired) electrons. The van der Waals surface area contributed by atoms with Crippen LogP contribution in [0, 0.1) is 0 Å². The van der Waals surface area contributed by atoms with E-state index >= 15 is 0 Å². The minimum atomic E-state index is 0.0915. The molecule has 0 aromatic heterocycles. The molecule has 18 heavy (non-hydrogen) atoms. The van der Waals surface area contributed by atoms with Crippen LogP contribution in [-0.4, -0.2) is 48.3 Å². The van der Waals surface area contributed by atoms with E-state index < -0.39 is 0 Å². The van der Waals surface area contributed by atoms with Crippen LogP contribution in [0.1, 0.15) is 20.3 Å². The Bertz CT molecular complexity index is 377. The molecule has 1 unspecified atom stereocenters. The highest BCUT2D eigenvalue weighted by Crippen LogP contribution is 2.31. The van der Waals surface area contributed by atoms with Gasteiger partial charge in [0, 0.05) is 37.0 Å². The van der Waals surface area contributed by atoms with Crippen LogP contribution in [0.4, 0.5) is 5.69 Å². The molecule has 1 aromatic rings. The van der Waals surface area contributed by atoms with Gasteiger partial charge in [0.1, 0.15) is 0 Å². The second-order valence-electron chi connectivity index (χ2n) is 5.88. The van der Waals surface area contributed by atoms with E-state index in [9.17, 15) is 5.11 Å². The number of aliphatic hydroxyl groups is 1. The van der Waals surface area contributed by atoms with Crippen molar-refractivity contribution in [3.8, 4) is 0 Å². The molecule has 0 saturated carbocycles. The number of nitrogens with zero attached hydrogens (tertiary/aromatic N) is 2. The molecule has 1 aliphatic heterocycles. The highest BCUT2D eigenvalue weighted by atomic mass is 16.3. The first kappa shape index (κ1) is 13.4. The minimum absolute atomic E-state index is 0.0915. The van der Waals surface area contributed by atoms with Crippen molar-refractivity contribution >= 4 is 5.69 Å². The first-order chi connectivity index (χ1) is 8.54. The molecule has 0 bridgehead atoms. The van der Waals surface area contributed by atoms with Crippen molar-refractivity contribution in [1.29, 1.82) is 0 Å². The lowest BCUT2D eigenvalue weighted by Gasteiger charge is -2.52. The van der Waals surface area contributed by atoms with Crippen LogP contribution in [-0.2, 0) is 0 Å². The SMILES string of the molecule is CN1CC(CCO)N(c2ccccc2)C(C)(C)C1. The molecule has 1 heterocycles. The maximum absolute atomic E-state index is 9.29. The fourth-order valence-corrected chi connectivity index (χ4v) is 3.26. The second-order valence-corrected chi connectivity index (χ2v) is 5.88. The van der Waals surface area contributed by atoms with Gasteiger partial charge in [-0.2, -0.15) is 0 Å². The molecule has 1 aromatic carbocycles. The van der Waals surface area contributed by atoms with Crippen LogP contribution < -0.4 is 4.90 Å². The van der Waals surface area contributed by atoms with Gasteiger partial charge in [-0.3, -0.25) is 0 Å². The summed E-state index contributed by atoms with van der Waals surface area (Å²) in [6, 6.07) is 10.9. The minimum Gasteiger partial charge on any atom is -0.396 e. The lowest BCUT2D eigenvalue weighted by Crippen LogP contribution is -2.63. The van der Waals surface area contributed by atoms with Gasteiger partial charge in [-0.15, -0.1) is 0 Å². The summed E-state index contributed by atoms with van der Waals surface area (Å²) in [6.07, 6.45) is 0.822. The molecule has 3 nitrogen and oxygen atoms in total. The monoisotopic (exact) mass is 248 g/mol. The summed E-state index contributed by atoms with van der Waals surface area (Å²) >= 11 is 0. The summed E-state index contributed by atoms with van der Waals surface area (Å²) in [4.78, 5) is 4.84. The predicted octanol–water partition coefficient (Wildman–Crippen LogP) is 1.97. The summed E-state index contributed by atoms with van der Waals surface area (Å²) < 4.78 is 0. The van der Waals surface area contributed by atoms with Gasteiger partial charge in [0.15, 0.2) is 0 Å². The summed E-state index contributed by atoms with van der Waals surface area (Å²) in [5, 5.41) is 9.29. The molecule has 0 aliphatic carbocycles. The molecule has 1 N–H and O–H groups in total. The van der Waals surface area contributed by atoms with E-state index in [1.807, 2.05) is 6.07 Å². The Labute approximate surface area is 110 Å². The van der Waals surface area contributed by atoms with Crippen LogP contribution in [0.3, 0.4) is 0 Å². The maximum Gasteiger partial charge on any atom is 0.0476 e. The number of anilines is 1. The molecule has 1 aliphatic rings. The number of benzene rings is 1. The third kappa shape index (κ3) is 2.68. The average molecular weight is 248 g/mol. The van der Waals surface area contributed by atoms with E-state index in [4.69, 9.17) is 0 Å². The zero-order valence-electron chi connectivity index (χ0n) is 11.6. The summed E-state index contributed by atoms with van der Waals surface area (Å²) in [6.45, 7) is 6.86. The van der Waals surface area contributed by atoms with Crippen molar-refractivity contribution in [3.63, 3.8) is 0 Å². The number of likely N-dealkylation sites (N-methyl/N-ethyl adjacent to an activating group) is 1. The Hall–Kier alpha value is -1.06. The standard InChI is InChI=1S/C15H24N2O/c1-15(2)12-16(3)11-14(9-10-18)17(15)13-7-5-4-6-8-13/h4-8,14,18H,9-12H2,1-3H3. The Balaban J connectivity index is 2.32. The van der Waals surface area contributed by atoms with Crippen molar-refractivity contribution in [2.75, 3.05) is 31.6 Å². The van der Waals surface area contributed by atoms with Gasteiger partial charge in [-0.05, 0) is 39.4 Å². The quantitative estimate of drug-likeness (QED) is 0.886. The molecule has 0 amide bonds. The lowest BCUT2D eigenvalue weighted by molar-refractivity contribution is 0.159. The Morgan fingerprint density at radius 2 is 1.94 bits per heavy atom. The fraction of sp³-hybridized carbons (Fsp3) is 0.600. The van der Waals surface area contributed by atoms with E-state index in [-0.39, 0.29) is 12.1 Å². The summed E-state index contributed by atoms with van der Waals surface area (Å²) in [7, 11) is 2.16. The van der Waals surface area contributed by atoms with Crippen molar-refractivity contribution in [1.82, 2.24) is 4.90 Å². The Morgan fingerprint density at radius 3 is 2.56 bits per heavy atom. The normalized spacial score (nSPS) is 24.2. The molecular weight excluding hydrogens is 224 g/mol. The zero-order chi connectivity index (χ0) is 13.2. The molecule has 1 atom stereocenters. The van der Waals surface area contributed by atoms with Crippen molar-refractivity contribution in [2.45, 2.75) is 31.8 Å². The highest BCUT2D eigenvalue weighted by molar-refractivity contribution is 5.50. The van der Waals surface area contributed by atoms with Crippen LogP contribution in [0.15, 0.2) is 30.3 Å². The molecule has 100 valence electrons. The Kier molecular flexibility index (Phi) is 3.93. The molecule has 2 rings (SSSR count). The van der Waals surface area contributed by atoms with E-state index in [1.165, 1.54) is 5.69 Å². The van der Waals surface area contributed by atoms with Gasteiger partial charge in [0.25, 0.3) is 0 Å². The number of para-hydroxylation sites is 1. The highest BCUT2D eigenvalue weighted by Gasteiger charge is 2.38. The number of aliphatic hydroxyl groups excluding tert-OH is 1. The number of hydrogen-bond acceptors (Lipinski definition) is 3. The predicted molar refractivity (Wildman–Crippen MR) is 76.0 cm³/mol. The first-order valence-corrected chi connectivity index (χ1v) is 6.68. The van der Waals surface area contributed by atoms with E-state index in [1.54, 1.807) is 0 Å². The largest absolute Gasteiger partial charge is 0.396 e. The third-order valence-corrected chi connectivity index (χ3v) is 3.69. The number of rotatable bonds is 3. The van der Waals surface area contributed by atoms with E-state index in [0.29, 0.717) is 6.04 Å². The molecular formula is C15H24N2O. The maximum atomic E-state index is 9.29. The van der Waals surface area contributed by atoms with E-state index in [2.05, 4.69) is 55.0 Å². The van der Waals surface area contributed by atoms with Crippen LogP contribution >= 0.6 is 0 Å². The molecule has 0 spiro atoms. The van der Waals surface area contributed by atoms with Gasteiger partial charge in [0.2, 0.25) is 0 Å². The fourth-order valence-electron chi connectivity index (χ4n) is 3.26. The van der Waals surface area contributed by atoms with Gasteiger partial charge < -0.3 is 14.9 Å². The summed E-state index contributed by atoms with van der Waals surface area (Å²) in [5.41, 5.74) is 1.35. The average Bonchev–Trinajstić information content (AvgIpc) is 2.28. The molecule has 1 fully saturated rings. The Morgan fingerprint density at radius 1 is 1.28 bits per heavy atom. The topological polar surface area (TPSA) is 26.7 Å². The number of piperazine rings is 1. The first-order valence-electron chi connectivity index (χ1n) is 6.68. The molecule has 1 saturated heterocycles. The third-order valence-electron chi connectivity index (χ3n) is 3.69. The molecule has 3 heteroatoms. The van der Waals surface area contributed by atoms with Crippen molar-refractivity contribution in [2.24, 2.45) is 0 Å². The smallest absolute Gasteiger partial charge is 0.0476 e. The van der Waals surface area contributed by atoms with Crippen LogP contribution in [0.5, 0.6) is 0 Å².